The fourth-order valence-electron chi connectivity index (χ4n) is 1.66. The number of ether oxygens (including phenoxy) is 1. The van der Waals surface area contributed by atoms with Gasteiger partial charge in [-0.3, -0.25) is 0 Å². The minimum Gasteiger partial charge on any atom is -0.372 e. The van der Waals surface area contributed by atoms with Gasteiger partial charge in [0.2, 0.25) is 0 Å². The second-order valence-corrected chi connectivity index (χ2v) is 3.27. The van der Waals surface area contributed by atoms with Crippen molar-refractivity contribution in [2.45, 2.75) is 26.2 Å². The molecule has 1 aliphatic rings. The highest BCUT2D eigenvalue weighted by atomic mass is 35.5. The lowest BCUT2D eigenvalue weighted by Crippen LogP contribution is -2.07. The van der Waals surface area contributed by atoms with Crippen molar-refractivity contribution in [2.24, 2.45) is 5.73 Å². The Morgan fingerprint density at radius 3 is 2.85 bits per heavy atom. The lowest BCUT2D eigenvalue weighted by molar-refractivity contribution is 0.134. The zero-order valence-electron chi connectivity index (χ0n) is 7.62. The summed E-state index contributed by atoms with van der Waals surface area (Å²) in [7, 11) is 0. The number of halogens is 1. The maximum atomic E-state index is 5.83. The highest BCUT2D eigenvalue weighted by Crippen LogP contribution is 2.26. The molecule has 2 rings (SSSR count). The molecule has 0 spiro atoms. The topological polar surface area (TPSA) is 35.2 Å². The van der Waals surface area contributed by atoms with Gasteiger partial charge in [0.25, 0.3) is 0 Å². The maximum absolute atomic E-state index is 5.83. The van der Waals surface area contributed by atoms with Crippen molar-refractivity contribution in [3.05, 3.63) is 34.9 Å². The van der Waals surface area contributed by atoms with Crippen LogP contribution >= 0.6 is 12.4 Å². The Morgan fingerprint density at radius 2 is 2.15 bits per heavy atom. The summed E-state index contributed by atoms with van der Waals surface area (Å²) in [6, 6.07) is 6.35. The van der Waals surface area contributed by atoms with Crippen molar-refractivity contribution < 1.29 is 4.74 Å². The maximum Gasteiger partial charge on any atom is 0.0728 e. The van der Waals surface area contributed by atoms with E-state index in [0.29, 0.717) is 0 Å². The molecule has 2 nitrogen and oxygen atoms in total. The van der Waals surface area contributed by atoms with Gasteiger partial charge in [0, 0.05) is 6.04 Å². The van der Waals surface area contributed by atoms with Crippen molar-refractivity contribution in [1.29, 1.82) is 0 Å². The first-order valence-electron chi connectivity index (χ1n) is 4.23. The molecular weight excluding hydrogens is 186 g/mol. The summed E-state index contributed by atoms with van der Waals surface area (Å²) < 4.78 is 5.35. The quantitative estimate of drug-likeness (QED) is 0.753. The zero-order chi connectivity index (χ0) is 8.55. The van der Waals surface area contributed by atoms with Crippen molar-refractivity contribution in [1.82, 2.24) is 0 Å². The Morgan fingerprint density at radius 1 is 1.38 bits per heavy atom. The van der Waals surface area contributed by atoms with E-state index in [1.165, 1.54) is 16.7 Å². The summed E-state index contributed by atoms with van der Waals surface area (Å²) >= 11 is 0. The summed E-state index contributed by atoms with van der Waals surface area (Å²) in [6.45, 7) is 3.48. The molecule has 72 valence electrons. The van der Waals surface area contributed by atoms with Crippen molar-refractivity contribution >= 4 is 12.4 Å². The lowest BCUT2D eigenvalue weighted by Gasteiger charge is -2.09. The van der Waals surface area contributed by atoms with Gasteiger partial charge in [0.05, 0.1) is 13.2 Å². The summed E-state index contributed by atoms with van der Waals surface area (Å²) in [4.78, 5) is 0. The molecule has 1 heterocycles. The van der Waals surface area contributed by atoms with Crippen LogP contribution in [-0.2, 0) is 18.0 Å². The fraction of sp³-hybridized carbons (Fsp3) is 0.400. The molecule has 0 fully saturated rings. The second kappa shape index (κ2) is 4.09. The van der Waals surface area contributed by atoms with E-state index in [1.807, 2.05) is 13.0 Å². The normalized spacial score (nSPS) is 16.2. The first-order chi connectivity index (χ1) is 5.79. The van der Waals surface area contributed by atoms with Crippen LogP contribution < -0.4 is 5.73 Å². The van der Waals surface area contributed by atoms with E-state index in [9.17, 15) is 0 Å². The van der Waals surface area contributed by atoms with Gasteiger partial charge in [-0.1, -0.05) is 18.2 Å². The van der Waals surface area contributed by atoms with Crippen LogP contribution in [0.2, 0.25) is 0 Å². The van der Waals surface area contributed by atoms with Crippen LogP contribution in [0.25, 0.3) is 0 Å². The largest absolute Gasteiger partial charge is 0.372 e. The molecule has 1 aromatic rings. The minimum absolute atomic E-state index is 0. The summed E-state index contributed by atoms with van der Waals surface area (Å²) in [5.41, 5.74) is 9.65. The standard InChI is InChI=1S/C10H13NO.ClH/c1-7(11)9-4-2-3-8-5-12-6-10(8)9;/h2-4,7H,5-6,11H2,1H3;1H. The van der Waals surface area contributed by atoms with Gasteiger partial charge in [-0.2, -0.15) is 0 Å². The third-order valence-corrected chi connectivity index (χ3v) is 2.30. The predicted molar refractivity (Wildman–Crippen MR) is 54.8 cm³/mol. The molecule has 3 heteroatoms. The average Bonchev–Trinajstić information content (AvgIpc) is 2.49. The van der Waals surface area contributed by atoms with E-state index in [4.69, 9.17) is 10.5 Å². The van der Waals surface area contributed by atoms with Gasteiger partial charge in [0.1, 0.15) is 0 Å². The fourth-order valence-corrected chi connectivity index (χ4v) is 1.66. The van der Waals surface area contributed by atoms with Gasteiger partial charge in [0.15, 0.2) is 0 Å². The Labute approximate surface area is 84.5 Å². The summed E-state index contributed by atoms with van der Waals surface area (Å²) in [6.07, 6.45) is 0. The number of benzene rings is 1. The van der Waals surface area contributed by atoms with E-state index < -0.39 is 0 Å². The smallest absolute Gasteiger partial charge is 0.0728 e. The molecule has 1 aliphatic heterocycles. The van der Waals surface area contributed by atoms with E-state index in [2.05, 4.69) is 12.1 Å². The third kappa shape index (κ3) is 1.85. The Hall–Kier alpha value is -0.570. The number of hydrogen-bond acceptors (Lipinski definition) is 2. The molecule has 0 aromatic heterocycles. The first kappa shape index (κ1) is 10.5. The van der Waals surface area contributed by atoms with Crippen LogP contribution in [0.1, 0.15) is 29.7 Å². The highest BCUT2D eigenvalue weighted by molar-refractivity contribution is 5.85. The van der Waals surface area contributed by atoms with E-state index in [1.54, 1.807) is 0 Å². The predicted octanol–water partition coefficient (Wildman–Crippen LogP) is 2.16. The van der Waals surface area contributed by atoms with Crippen LogP contribution in [0, 0.1) is 0 Å². The molecule has 0 saturated carbocycles. The van der Waals surface area contributed by atoms with Gasteiger partial charge < -0.3 is 10.5 Å². The molecule has 0 aliphatic carbocycles. The van der Waals surface area contributed by atoms with Crippen LogP contribution in [-0.4, -0.2) is 0 Å². The van der Waals surface area contributed by atoms with E-state index in [-0.39, 0.29) is 18.4 Å². The first-order valence-corrected chi connectivity index (χ1v) is 4.23. The molecule has 0 amide bonds. The van der Waals surface area contributed by atoms with E-state index >= 15 is 0 Å². The van der Waals surface area contributed by atoms with Gasteiger partial charge >= 0.3 is 0 Å². The monoisotopic (exact) mass is 199 g/mol. The highest BCUT2D eigenvalue weighted by Gasteiger charge is 2.15. The third-order valence-electron chi connectivity index (χ3n) is 2.30. The van der Waals surface area contributed by atoms with Gasteiger partial charge in [-0.25, -0.2) is 0 Å². The SMILES string of the molecule is CC(N)c1cccc2c1COC2.Cl. The summed E-state index contributed by atoms with van der Waals surface area (Å²) in [5.74, 6) is 0. The summed E-state index contributed by atoms with van der Waals surface area (Å²) in [5, 5.41) is 0. The van der Waals surface area contributed by atoms with Crippen LogP contribution in [0.15, 0.2) is 18.2 Å². The second-order valence-electron chi connectivity index (χ2n) is 3.27. The molecule has 13 heavy (non-hydrogen) atoms. The molecular formula is C10H14ClNO. The Bertz CT molecular complexity index is 299. The molecule has 2 N–H and O–H groups in total. The van der Waals surface area contributed by atoms with Crippen molar-refractivity contribution in [3.8, 4) is 0 Å². The molecule has 1 aromatic carbocycles. The number of nitrogens with two attached hydrogens (primary N) is 1. The lowest BCUT2D eigenvalue weighted by atomic mass is 9.99. The Balaban J connectivity index is 0.000000845. The van der Waals surface area contributed by atoms with Crippen molar-refractivity contribution in [2.75, 3.05) is 0 Å². The minimum atomic E-state index is 0. The number of fused-ring (bicyclic) bond motifs is 1. The Kier molecular flexibility index (Phi) is 3.31. The van der Waals surface area contributed by atoms with Crippen LogP contribution in [0.5, 0.6) is 0 Å². The van der Waals surface area contributed by atoms with Gasteiger partial charge in [-0.15, -0.1) is 12.4 Å². The molecule has 1 unspecified atom stereocenters. The molecule has 0 bridgehead atoms. The number of hydrogen-bond donors (Lipinski definition) is 1. The number of rotatable bonds is 1. The molecule has 0 saturated heterocycles. The molecule has 1 atom stereocenters. The average molecular weight is 200 g/mol. The van der Waals surface area contributed by atoms with Gasteiger partial charge in [-0.05, 0) is 23.6 Å². The van der Waals surface area contributed by atoms with Crippen LogP contribution in [0.4, 0.5) is 0 Å². The van der Waals surface area contributed by atoms with Crippen LogP contribution in [0.3, 0.4) is 0 Å². The molecule has 0 radical (unpaired) electrons. The van der Waals surface area contributed by atoms with E-state index in [0.717, 1.165) is 13.2 Å². The van der Waals surface area contributed by atoms with Crippen molar-refractivity contribution in [3.63, 3.8) is 0 Å². The zero-order valence-corrected chi connectivity index (χ0v) is 8.43.